The van der Waals surface area contributed by atoms with Crippen LogP contribution in [0, 0.1) is 0 Å². The van der Waals surface area contributed by atoms with E-state index in [2.05, 4.69) is 40.1 Å². The molecule has 4 heteroatoms. The maximum absolute atomic E-state index is 5.62. The number of rotatable bonds is 4. The molecule has 0 saturated carbocycles. The second-order valence-corrected chi connectivity index (χ2v) is 4.83. The van der Waals surface area contributed by atoms with E-state index in [9.17, 15) is 0 Å². The lowest BCUT2D eigenvalue weighted by atomic mass is 10.3. The molecule has 0 aliphatic carbocycles. The molecule has 0 aliphatic rings. The van der Waals surface area contributed by atoms with Crippen molar-refractivity contribution in [3.63, 3.8) is 0 Å². The van der Waals surface area contributed by atoms with Gasteiger partial charge in [-0.2, -0.15) is 0 Å². The topological polar surface area (TPSA) is 38.1 Å². The van der Waals surface area contributed by atoms with Crippen LogP contribution in [0.25, 0.3) is 11.1 Å². The minimum absolute atomic E-state index is 0.488. The molecule has 0 saturated heterocycles. The average Bonchev–Trinajstić information content (AvgIpc) is 2.67. The van der Waals surface area contributed by atoms with Gasteiger partial charge in [0, 0.05) is 10.5 Å². The summed E-state index contributed by atoms with van der Waals surface area (Å²) in [5.41, 5.74) is 1.74. The van der Waals surface area contributed by atoms with Gasteiger partial charge in [0.2, 0.25) is 5.89 Å². The van der Waals surface area contributed by atoms with E-state index < -0.39 is 0 Å². The Labute approximate surface area is 103 Å². The van der Waals surface area contributed by atoms with Gasteiger partial charge < -0.3 is 9.73 Å². The van der Waals surface area contributed by atoms with Crippen LogP contribution in [-0.4, -0.2) is 11.0 Å². The Morgan fingerprint density at radius 3 is 3.06 bits per heavy atom. The van der Waals surface area contributed by atoms with E-state index in [4.69, 9.17) is 4.42 Å². The van der Waals surface area contributed by atoms with E-state index >= 15 is 0 Å². The number of aromatic nitrogens is 1. The molecule has 2 rings (SSSR count). The van der Waals surface area contributed by atoms with Gasteiger partial charge in [0.1, 0.15) is 5.52 Å². The lowest BCUT2D eigenvalue weighted by Gasteiger charge is -2.07. The lowest BCUT2D eigenvalue weighted by molar-refractivity contribution is 0.455. The Morgan fingerprint density at radius 2 is 2.31 bits per heavy atom. The third-order valence-electron chi connectivity index (χ3n) is 2.61. The standard InChI is InChI=1S/C12H15BrN2O/c1-3-8(2)14-7-12-15-10-6-9(13)4-5-11(10)16-12/h4-6,8,14H,3,7H2,1-2H3. The fourth-order valence-electron chi connectivity index (χ4n) is 1.43. The number of benzene rings is 1. The molecule has 86 valence electrons. The van der Waals surface area contributed by atoms with Gasteiger partial charge in [-0.15, -0.1) is 0 Å². The van der Waals surface area contributed by atoms with Crippen LogP contribution in [0.15, 0.2) is 27.1 Å². The van der Waals surface area contributed by atoms with Gasteiger partial charge in [-0.05, 0) is 31.5 Å². The van der Waals surface area contributed by atoms with Crippen molar-refractivity contribution in [2.75, 3.05) is 0 Å². The Hall–Kier alpha value is -0.870. The molecular formula is C12H15BrN2O. The Kier molecular flexibility index (Phi) is 3.61. The summed E-state index contributed by atoms with van der Waals surface area (Å²) in [6.45, 7) is 4.99. The third-order valence-corrected chi connectivity index (χ3v) is 3.10. The summed E-state index contributed by atoms with van der Waals surface area (Å²) in [7, 11) is 0. The van der Waals surface area contributed by atoms with Crippen molar-refractivity contribution in [2.45, 2.75) is 32.9 Å². The summed E-state index contributed by atoms with van der Waals surface area (Å²) in [4.78, 5) is 4.42. The highest BCUT2D eigenvalue weighted by Crippen LogP contribution is 2.20. The molecule has 0 spiro atoms. The molecular weight excluding hydrogens is 268 g/mol. The van der Waals surface area contributed by atoms with Crippen molar-refractivity contribution in [3.8, 4) is 0 Å². The molecule has 16 heavy (non-hydrogen) atoms. The van der Waals surface area contributed by atoms with Crippen molar-refractivity contribution < 1.29 is 4.42 Å². The summed E-state index contributed by atoms with van der Waals surface area (Å²) in [6.07, 6.45) is 1.10. The Bertz CT molecular complexity index is 481. The quantitative estimate of drug-likeness (QED) is 0.933. The highest BCUT2D eigenvalue weighted by atomic mass is 79.9. The van der Waals surface area contributed by atoms with Crippen LogP contribution in [-0.2, 0) is 6.54 Å². The molecule has 2 aromatic rings. The number of halogens is 1. The van der Waals surface area contributed by atoms with Crippen molar-refractivity contribution >= 4 is 27.0 Å². The van der Waals surface area contributed by atoms with Gasteiger partial charge in [0.15, 0.2) is 5.58 Å². The minimum atomic E-state index is 0.488. The van der Waals surface area contributed by atoms with Gasteiger partial charge in [-0.1, -0.05) is 22.9 Å². The number of nitrogens with one attached hydrogen (secondary N) is 1. The predicted octanol–water partition coefficient (Wildman–Crippen LogP) is 3.48. The number of nitrogens with zero attached hydrogens (tertiary/aromatic N) is 1. The van der Waals surface area contributed by atoms with Crippen molar-refractivity contribution in [3.05, 3.63) is 28.6 Å². The predicted molar refractivity (Wildman–Crippen MR) is 68.3 cm³/mol. The van der Waals surface area contributed by atoms with E-state index in [1.54, 1.807) is 0 Å². The lowest BCUT2D eigenvalue weighted by Crippen LogP contribution is -2.24. The van der Waals surface area contributed by atoms with Gasteiger partial charge in [-0.3, -0.25) is 0 Å². The van der Waals surface area contributed by atoms with Crippen LogP contribution >= 0.6 is 15.9 Å². The van der Waals surface area contributed by atoms with Crippen LogP contribution < -0.4 is 5.32 Å². The van der Waals surface area contributed by atoms with E-state index in [0.717, 1.165) is 27.9 Å². The summed E-state index contributed by atoms with van der Waals surface area (Å²) < 4.78 is 6.65. The van der Waals surface area contributed by atoms with Gasteiger partial charge in [0.05, 0.1) is 6.54 Å². The number of oxazole rings is 1. The molecule has 1 N–H and O–H groups in total. The molecule has 0 bridgehead atoms. The smallest absolute Gasteiger partial charge is 0.209 e. The summed E-state index contributed by atoms with van der Waals surface area (Å²) in [5, 5.41) is 3.36. The van der Waals surface area contributed by atoms with E-state index in [0.29, 0.717) is 12.6 Å². The molecule has 1 aromatic heterocycles. The van der Waals surface area contributed by atoms with Crippen molar-refractivity contribution in [1.29, 1.82) is 0 Å². The summed E-state index contributed by atoms with van der Waals surface area (Å²) >= 11 is 3.42. The Morgan fingerprint density at radius 1 is 1.50 bits per heavy atom. The molecule has 1 aromatic carbocycles. The first-order valence-corrected chi connectivity index (χ1v) is 6.26. The molecule has 0 aliphatic heterocycles. The maximum Gasteiger partial charge on any atom is 0.209 e. The zero-order valence-electron chi connectivity index (χ0n) is 9.46. The largest absolute Gasteiger partial charge is 0.439 e. The number of fused-ring (bicyclic) bond motifs is 1. The van der Waals surface area contributed by atoms with Crippen LogP contribution in [0.5, 0.6) is 0 Å². The third kappa shape index (κ3) is 2.62. The second kappa shape index (κ2) is 4.97. The first-order valence-electron chi connectivity index (χ1n) is 5.47. The molecule has 1 unspecified atom stereocenters. The fourth-order valence-corrected chi connectivity index (χ4v) is 1.78. The molecule has 0 fully saturated rings. The van der Waals surface area contributed by atoms with E-state index in [-0.39, 0.29) is 0 Å². The minimum Gasteiger partial charge on any atom is -0.439 e. The molecule has 0 radical (unpaired) electrons. The highest BCUT2D eigenvalue weighted by molar-refractivity contribution is 9.10. The van der Waals surface area contributed by atoms with Crippen LogP contribution in [0.4, 0.5) is 0 Å². The maximum atomic E-state index is 5.62. The zero-order valence-corrected chi connectivity index (χ0v) is 11.0. The fraction of sp³-hybridized carbons (Fsp3) is 0.417. The van der Waals surface area contributed by atoms with Crippen molar-refractivity contribution in [2.24, 2.45) is 0 Å². The number of hydrogen-bond acceptors (Lipinski definition) is 3. The van der Waals surface area contributed by atoms with Crippen LogP contribution in [0.1, 0.15) is 26.2 Å². The first-order chi connectivity index (χ1) is 7.69. The Balaban J connectivity index is 2.13. The van der Waals surface area contributed by atoms with E-state index in [1.165, 1.54) is 0 Å². The monoisotopic (exact) mass is 282 g/mol. The average molecular weight is 283 g/mol. The van der Waals surface area contributed by atoms with E-state index in [1.807, 2.05) is 18.2 Å². The number of hydrogen-bond donors (Lipinski definition) is 1. The second-order valence-electron chi connectivity index (χ2n) is 3.91. The summed E-state index contributed by atoms with van der Waals surface area (Å²) in [5.74, 6) is 0.744. The van der Waals surface area contributed by atoms with Crippen LogP contribution in [0.2, 0.25) is 0 Å². The van der Waals surface area contributed by atoms with Crippen LogP contribution in [0.3, 0.4) is 0 Å². The van der Waals surface area contributed by atoms with Gasteiger partial charge in [0.25, 0.3) is 0 Å². The SMILES string of the molecule is CCC(C)NCc1nc2cc(Br)ccc2o1. The normalized spacial score (nSPS) is 13.2. The zero-order chi connectivity index (χ0) is 11.5. The molecule has 3 nitrogen and oxygen atoms in total. The van der Waals surface area contributed by atoms with Gasteiger partial charge >= 0.3 is 0 Å². The first kappa shape index (κ1) is 11.6. The molecule has 1 heterocycles. The highest BCUT2D eigenvalue weighted by Gasteiger charge is 2.06. The summed E-state index contributed by atoms with van der Waals surface area (Å²) in [6, 6.07) is 6.34. The molecule has 1 atom stereocenters. The van der Waals surface area contributed by atoms with Crippen molar-refractivity contribution in [1.82, 2.24) is 10.3 Å². The van der Waals surface area contributed by atoms with Gasteiger partial charge in [-0.25, -0.2) is 4.98 Å². The molecule has 0 amide bonds.